The van der Waals surface area contributed by atoms with Crippen molar-refractivity contribution in [2.24, 2.45) is 0 Å². The fraction of sp³-hybridized carbons (Fsp3) is 0.500. The molecular weight excluding hydrogens is 329 g/mol. The van der Waals surface area contributed by atoms with E-state index in [0.717, 1.165) is 18.1 Å². The molecule has 1 aromatic rings. The van der Waals surface area contributed by atoms with E-state index in [-0.39, 0.29) is 11.8 Å². The van der Waals surface area contributed by atoms with E-state index >= 15 is 0 Å². The first-order valence-electron chi connectivity index (χ1n) is 6.31. The Morgan fingerprint density at radius 3 is 2.38 bits per heavy atom. The highest BCUT2D eigenvalue weighted by Gasteiger charge is 2.40. The Bertz CT molecular complexity index is 678. The molecule has 1 fully saturated rings. The van der Waals surface area contributed by atoms with Crippen molar-refractivity contribution in [2.75, 3.05) is 13.1 Å². The third kappa shape index (κ3) is 3.03. The minimum Gasteiger partial charge on any atom is -0.229 e. The van der Waals surface area contributed by atoms with Gasteiger partial charge in [0, 0.05) is 23.8 Å². The van der Waals surface area contributed by atoms with E-state index in [4.69, 9.17) is 10.7 Å². The van der Waals surface area contributed by atoms with Gasteiger partial charge in [-0.2, -0.15) is 21.6 Å². The van der Waals surface area contributed by atoms with Crippen molar-refractivity contribution in [3.63, 3.8) is 0 Å². The van der Waals surface area contributed by atoms with Crippen LogP contribution in [-0.2, 0) is 15.4 Å². The molecule has 0 spiro atoms. The Kier molecular flexibility index (Phi) is 3.47. The van der Waals surface area contributed by atoms with Gasteiger partial charge in [-0.15, -0.1) is 4.83 Å². The maximum absolute atomic E-state index is 12.8. The number of benzene rings is 1. The molecule has 4 nitrogen and oxygen atoms in total. The molecule has 1 heterocycles. The molecule has 1 N–H and O–H groups in total. The summed E-state index contributed by atoms with van der Waals surface area (Å²) in [5.41, 5.74) is 0.855. The monoisotopic (exact) mass is 340 g/mol. The molecule has 2 atom stereocenters. The second-order valence-electron chi connectivity index (χ2n) is 5.41. The van der Waals surface area contributed by atoms with Crippen molar-refractivity contribution in [1.82, 2.24) is 9.84 Å². The summed E-state index contributed by atoms with van der Waals surface area (Å²) in [6, 6.07) is 3.76. The molecule has 1 aromatic carbocycles. The normalized spacial score (nSPS) is 25.9. The first-order chi connectivity index (χ1) is 9.63. The highest BCUT2D eigenvalue weighted by atomic mass is 35.7. The molecule has 1 aliphatic carbocycles. The molecule has 0 amide bonds. The van der Waals surface area contributed by atoms with E-state index in [9.17, 15) is 21.6 Å². The minimum atomic E-state index is -4.37. The number of piperidine rings is 1. The average molecular weight is 341 g/mol. The highest BCUT2D eigenvalue weighted by Crippen LogP contribution is 2.47. The highest BCUT2D eigenvalue weighted by molar-refractivity contribution is 8.12. The van der Waals surface area contributed by atoms with Gasteiger partial charge in [0.15, 0.2) is 0 Å². The van der Waals surface area contributed by atoms with Gasteiger partial charge in [-0.3, -0.25) is 0 Å². The zero-order valence-corrected chi connectivity index (χ0v) is 12.3. The smallest absolute Gasteiger partial charge is 0.229 e. The molecule has 2 aliphatic rings. The molecule has 0 radical (unpaired) electrons. The predicted molar refractivity (Wildman–Crippen MR) is 71.0 cm³/mol. The Morgan fingerprint density at radius 1 is 1.19 bits per heavy atom. The number of hydrazine groups is 1. The summed E-state index contributed by atoms with van der Waals surface area (Å²) in [5.74, 6) is -0.0982. The van der Waals surface area contributed by atoms with Crippen LogP contribution in [0.2, 0.25) is 0 Å². The zero-order chi connectivity index (χ0) is 15.4. The summed E-state index contributed by atoms with van der Waals surface area (Å²) >= 11 is 0. The molecule has 1 aliphatic heterocycles. The second kappa shape index (κ2) is 4.84. The van der Waals surface area contributed by atoms with Gasteiger partial charge >= 0.3 is 15.4 Å². The molecule has 1 saturated heterocycles. The van der Waals surface area contributed by atoms with Crippen LogP contribution in [0, 0.1) is 0 Å². The Morgan fingerprint density at radius 2 is 1.81 bits per heavy atom. The molecule has 9 heteroatoms. The minimum absolute atomic E-state index is 0.0203. The second-order valence-corrected chi connectivity index (χ2v) is 7.68. The van der Waals surface area contributed by atoms with Crippen molar-refractivity contribution < 1.29 is 21.6 Å². The third-order valence-corrected chi connectivity index (χ3v) is 4.67. The van der Waals surface area contributed by atoms with E-state index < -0.39 is 21.0 Å². The summed E-state index contributed by atoms with van der Waals surface area (Å²) in [5, 5.41) is 1.45. The lowest BCUT2D eigenvalue weighted by Gasteiger charge is -2.30. The number of hydrogen-bond donors (Lipinski definition) is 1. The van der Waals surface area contributed by atoms with Gasteiger partial charge in [-0.1, -0.05) is 6.07 Å². The molecular formula is C12H12ClF3N2O2S. The van der Waals surface area contributed by atoms with Crippen LogP contribution < -0.4 is 4.83 Å². The Labute approximate surface area is 124 Å². The lowest BCUT2D eigenvalue weighted by Crippen LogP contribution is -2.46. The van der Waals surface area contributed by atoms with E-state index in [0.29, 0.717) is 18.7 Å². The lowest BCUT2D eigenvalue weighted by atomic mass is 9.97. The largest absolute Gasteiger partial charge is 0.416 e. The van der Waals surface area contributed by atoms with E-state index in [2.05, 4.69) is 4.83 Å². The number of nitrogens with one attached hydrogen (secondary N) is 1. The molecule has 0 aromatic heterocycles. The number of rotatable bonds is 2. The molecule has 0 saturated carbocycles. The summed E-state index contributed by atoms with van der Waals surface area (Å²) in [7, 11) is 1.26. The van der Waals surface area contributed by atoms with Crippen LogP contribution in [0.25, 0.3) is 0 Å². The van der Waals surface area contributed by atoms with Gasteiger partial charge in [-0.05, 0) is 41.5 Å². The fourth-order valence-electron chi connectivity index (χ4n) is 3.25. The van der Waals surface area contributed by atoms with Crippen molar-refractivity contribution in [2.45, 2.75) is 24.4 Å². The zero-order valence-electron chi connectivity index (χ0n) is 10.7. The van der Waals surface area contributed by atoms with Crippen LogP contribution in [0.3, 0.4) is 0 Å². The first kappa shape index (κ1) is 15.1. The van der Waals surface area contributed by atoms with Gasteiger partial charge in [0.1, 0.15) is 0 Å². The molecule has 2 unspecified atom stereocenters. The molecule has 116 valence electrons. The van der Waals surface area contributed by atoms with Crippen LogP contribution in [0.1, 0.15) is 34.9 Å². The summed E-state index contributed by atoms with van der Waals surface area (Å²) < 4.78 is 60.5. The molecule has 2 bridgehead atoms. The van der Waals surface area contributed by atoms with Crippen molar-refractivity contribution >= 4 is 19.9 Å². The third-order valence-electron chi connectivity index (χ3n) is 3.98. The first-order valence-corrected chi connectivity index (χ1v) is 8.62. The van der Waals surface area contributed by atoms with Crippen LogP contribution in [-0.4, -0.2) is 26.5 Å². The topological polar surface area (TPSA) is 49.4 Å². The number of nitrogens with zero attached hydrogens (tertiary/aromatic N) is 1. The van der Waals surface area contributed by atoms with Crippen molar-refractivity contribution in [1.29, 1.82) is 0 Å². The maximum atomic E-state index is 12.8. The number of fused-ring (bicyclic) bond motifs is 5. The van der Waals surface area contributed by atoms with Crippen LogP contribution in [0.15, 0.2) is 18.2 Å². The Balaban J connectivity index is 1.89. The lowest BCUT2D eigenvalue weighted by molar-refractivity contribution is -0.137. The van der Waals surface area contributed by atoms with Gasteiger partial charge in [0.05, 0.1) is 5.56 Å². The Hall–Kier alpha value is -0.830. The van der Waals surface area contributed by atoms with Crippen molar-refractivity contribution in [3.8, 4) is 0 Å². The van der Waals surface area contributed by atoms with E-state index in [1.54, 1.807) is 0 Å². The predicted octanol–water partition coefficient (Wildman–Crippen LogP) is 2.58. The maximum Gasteiger partial charge on any atom is 0.416 e. The van der Waals surface area contributed by atoms with Crippen LogP contribution >= 0.6 is 10.7 Å². The summed E-state index contributed by atoms with van der Waals surface area (Å²) in [4.78, 5) is 2.19. The quantitative estimate of drug-likeness (QED) is 0.842. The standard InChI is InChI=1S/C12H12ClF3N2O2S/c13-21(19,20)17-18-5-7-3-8(6-18)11-4-9(12(14,15)16)1-2-10(7)11/h1-2,4,7-8,17H,3,5-6H2. The van der Waals surface area contributed by atoms with Gasteiger partial charge in [-0.25, -0.2) is 5.01 Å². The average Bonchev–Trinajstić information content (AvgIpc) is 2.58. The van der Waals surface area contributed by atoms with Crippen molar-refractivity contribution in [3.05, 3.63) is 34.9 Å². The van der Waals surface area contributed by atoms with E-state index in [1.165, 1.54) is 17.1 Å². The van der Waals surface area contributed by atoms with Crippen LogP contribution in [0.4, 0.5) is 13.2 Å². The number of hydrogen-bond acceptors (Lipinski definition) is 3. The number of alkyl halides is 3. The molecule has 3 rings (SSSR count). The summed E-state index contributed by atoms with van der Waals surface area (Å²) in [6.45, 7) is 0.720. The van der Waals surface area contributed by atoms with E-state index in [1.807, 2.05) is 0 Å². The number of halogens is 4. The SMILES string of the molecule is O=S(=O)(Cl)NN1CC2CC(C1)c1cc(C(F)(F)F)ccc12. The van der Waals surface area contributed by atoms with Gasteiger partial charge in [0.2, 0.25) is 0 Å². The van der Waals surface area contributed by atoms with Gasteiger partial charge < -0.3 is 0 Å². The fourth-order valence-corrected chi connectivity index (χ4v) is 4.01. The van der Waals surface area contributed by atoms with Crippen LogP contribution in [0.5, 0.6) is 0 Å². The summed E-state index contributed by atoms with van der Waals surface area (Å²) in [6.07, 6.45) is -3.64. The molecule has 21 heavy (non-hydrogen) atoms. The van der Waals surface area contributed by atoms with Gasteiger partial charge in [0.25, 0.3) is 0 Å².